The van der Waals surface area contributed by atoms with Crippen molar-refractivity contribution in [2.24, 2.45) is 0 Å². The number of H-pyrrole nitrogens is 1. The molecule has 0 saturated carbocycles. The summed E-state index contributed by atoms with van der Waals surface area (Å²) in [7, 11) is 1.36. The Morgan fingerprint density at radius 1 is 1.15 bits per heavy atom. The molecule has 1 N–H and O–H groups in total. The van der Waals surface area contributed by atoms with Crippen LogP contribution in [0.3, 0.4) is 0 Å². The van der Waals surface area contributed by atoms with Gasteiger partial charge in [-0.3, -0.25) is 4.90 Å². The molecule has 0 spiro atoms. The van der Waals surface area contributed by atoms with E-state index in [2.05, 4.69) is 19.9 Å². The van der Waals surface area contributed by atoms with E-state index in [0.29, 0.717) is 36.6 Å². The zero-order chi connectivity index (χ0) is 23.9. The first kappa shape index (κ1) is 22.1. The summed E-state index contributed by atoms with van der Waals surface area (Å²) in [4.78, 5) is 26.7. The van der Waals surface area contributed by atoms with Gasteiger partial charge in [0.15, 0.2) is 5.82 Å². The lowest BCUT2D eigenvalue weighted by atomic mass is 10.0. The number of halogens is 3. The van der Waals surface area contributed by atoms with Gasteiger partial charge in [-0.2, -0.15) is 13.2 Å². The minimum Gasteiger partial charge on any atom is -0.464 e. The van der Waals surface area contributed by atoms with E-state index in [9.17, 15) is 18.0 Å². The summed E-state index contributed by atoms with van der Waals surface area (Å²) in [5, 5.41) is 0.975. The SMILES string of the molecule is COC(=O)c1[nH]c2ccccc2c1CN1CCc2nc(-c3ccc(C(F)(F)F)cc3)ncc2C1. The summed E-state index contributed by atoms with van der Waals surface area (Å²) in [6.45, 7) is 1.87. The van der Waals surface area contributed by atoms with Gasteiger partial charge in [0.05, 0.1) is 18.4 Å². The number of aromatic nitrogens is 3. The molecule has 34 heavy (non-hydrogen) atoms. The Morgan fingerprint density at radius 2 is 1.91 bits per heavy atom. The summed E-state index contributed by atoms with van der Waals surface area (Å²) >= 11 is 0. The predicted molar refractivity (Wildman–Crippen MR) is 120 cm³/mol. The molecule has 0 fully saturated rings. The van der Waals surface area contributed by atoms with E-state index in [1.807, 2.05) is 24.3 Å². The van der Waals surface area contributed by atoms with Gasteiger partial charge in [-0.25, -0.2) is 14.8 Å². The molecule has 0 saturated heterocycles. The highest BCUT2D eigenvalue weighted by molar-refractivity contribution is 5.98. The summed E-state index contributed by atoms with van der Waals surface area (Å²) in [6, 6.07) is 12.6. The summed E-state index contributed by atoms with van der Waals surface area (Å²) in [5.41, 5.74) is 3.89. The molecule has 1 aliphatic heterocycles. The number of rotatable bonds is 4. The second-order valence-corrected chi connectivity index (χ2v) is 8.22. The maximum Gasteiger partial charge on any atom is 0.416 e. The number of hydrogen-bond donors (Lipinski definition) is 1. The quantitative estimate of drug-likeness (QED) is 0.429. The molecule has 0 amide bonds. The lowest BCUT2D eigenvalue weighted by molar-refractivity contribution is -0.137. The molecule has 9 heteroatoms. The van der Waals surface area contributed by atoms with Gasteiger partial charge in [0.1, 0.15) is 5.69 Å². The predicted octanol–water partition coefficient (Wildman–Crippen LogP) is 4.99. The van der Waals surface area contributed by atoms with E-state index in [0.717, 1.165) is 46.4 Å². The molecule has 2 aromatic carbocycles. The van der Waals surface area contributed by atoms with Gasteiger partial charge in [-0.05, 0) is 18.2 Å². The molecular formula is C25H21F3N4O2. The molecule has 6 nitrogen and oxygen atoms in total. The number of benzene rings is 2. The molecule has 0 bridgehead atoms. The van der Waals surface area contributed by atoms with Crippen LogP contribution in [0.15, 0.2) is 54.7 Å². The second kappa shape index (κ2) is 8.57. The van der Waals surface area contributed by atoms with Crippen molar-refractivity contribution in [3.05, 3.63) is 82.8 Å². The number of nitrogens with zero attached hydrogens (tertiary/aromatic N) is 3. The third-order valence-corrected chi connectivity index (χ3v) is 6.07. The molecule has 0 aliphatic carbocycles. The number of methoxy groups -OCH3 is 1. The van der Waals surface area contributed by atoms with E-state index in [-0.39, 0.29) is 0 Å². The molecule has 3 heterocycles. The van der Waals surface area contributed by atoms with E-state index in [1.54, 1.807) is 6.20 Å². The van der Waals surface area contributed by atoms with Gasteiger partial charge >= 0.3 is 12.1 Å². The van der Waals surface area contributed by atoms with Gasteiger partial charge in [-0.15, -0.1) is 0 Å². The second-order valence-electron chi connectivity index (χ2n) is 8.22. The van der Waals surface area contributed by atoms with E-state index >= 15 is 0 Å². The molecule has 1 aliphatic rings. The van der Waals surface area contributed by atoms with Crippen LogP contribution in [0, 0.1) is 0 Å². The highest BCUT2D eigenvalue weighted by atomic mass is 19.4. The smallest absolute Gasteiger partial charge is 0.416 e. The Hall–Kier alpha value is -3.72. The number of aromatic amines is 1. The average Bonchev–Trinajstić information content (AvgIpc) is 3.21. The fourth-order valence-electron chi connectivity index (χ4n) is 4.32. The van der Waals surface area contributed by atoms with E-state index in [4.69, 9.17) is 4.74 Å². The van der Waals surface area contributed by atoms with Crippen molar-refractivity contribution in [2.75, 3.05) is 13.7 Å². The van der Waals surface area contributed by atoms with Crippen LogP contribution in [-0.4, -0.2) is 39.5 Å². The minimum absolute atomic E-state index is 0.408. The van der Waals surface area contributed by atoms with Gasteiger partial charge in [-0.1, -0.05) is 30.3 Å². The minimum atomic E-state index is -4.38. The van der Waals surface area contributed by atoms with Crippen molar-refractivity contribution >= 4 is 16.9 Å². The largest absolute Gasteiger partial charge is 0.464 e. The zero-order valence-corrected chi connectivity index (χ0v) is 18.3. The standard InChI is InChI=1S/C25H21F3N4O2/c1-34-24(33)22-19(18-4-2-3-5-21(18)30-22)14-32-11-10-20-16(13-32)12-29-23(31-20)15-6-8-17(9-7-15)25(26,27)28/h2-9,12,30H,10-11,13-14H2,1H3. The summed E-state index contributed by atoms with van der Waals surface area (Å²) < 4.78 is 43.5. The van der Waals surface area contributed by atoms with Crippen LogP contribution >= 0.6 is 0 Å². The molecule has 0 unspecified atom stereocenters. The number of carbonyl (C=O) groups excluding carboxylic acids is 1. The Labute approximate surface area is 193 Å². The number of hydrogen-bond acceptors (Lipinski definition) is 5. The van der Waals surface area contributed by atoms with Crippen molar-refractivity contribution in [1.82, 2.24) is 19.9 Å². The normalized spacial score (nSPS) is 14.2. The van der Waals surface area contributed by atoms with Crippen LogP contribution in [0.2, 0.25) is 0 Å². The van der Waals surface area contributed by atoms with Crippen molar-refractivity contribution in [3.63, 3.8) is 0 Å². The highest BCUT2D eigenvalue weighted by Crippen LogP contribution is 2.31. The highest BCUT2D eigenvalue weighted by Gasteiger charge is 2.30. The lowest BCUT2D eigenvalue weighted by Crippen LogP contribution is -2.31. The molecular weight excluding hydrogens is 445 g/mol. The van der Waals surface area contributed by atoms with E-state index < -0.39 is 17.7 Å². The van der Waals surface area contributed by atoms with Gasteiger partial charge in [0.25, 0.3) is 0 Å². The molecule has 2 aromatic heterocycles. The maximum absolute atomic E-state index is 12.8. The number of esters is 1. The monoisotopic (exact) mass is 466 g/mol. The first-order valence-electron chi connectivity index (χ1n) is 10.8. The van der Waals surface area contributed by atoms with Crippen LogP contribution in [-0.2, 0) is 30.4 Å². The maximum atomic E-state index is 12.8. The lowest BCUT2D eigenvalue weighted by Gasteiger charge is -2.28. The molecule has 5 rings (SSSR count). The Morgan fingerprint density at radius 3 is 2.65 bits per heavy atom. The zero-order valence-electron chi connectivity index (χ0n) is 18.3. The molecule has 0 radical (unpaired) electrons. The average molecular weight is 466 g/mol. The topological polar surface area (TPSA) is 71.1 Å². The van der Waals surface area contributed by atoms with Gasteiger partial charge < -0.3 is 9.72 Å². The number of fused-ring (bicyclic) bond motifs is 2. The Bertz CT molecular complexity index is 1360. The van der Waals surface area contributed by atoms with Crippen LogP contribution < -0.4 is 0 Å². The van der Waals surface area contributed by atoms with Crippen LogP contribution in [0.1, 0.15) is 32.9 Å². The number of nitrogens with one attached hydrogen (secondary N) is 1. The third-order valence-electron chi connectivity index (χ3n) is 6.07. The number of para-hydroxylation sites is 1. The fraction of sp³-hybridized carbons (Fsp3) is 0.240. The van der Waals surface area contributed by atoms with Gasteiger partial charge in [0.2, 0.25) is 0 Å². The molecule has 0 atom stereocenters. The molecule has 174 valence electrons. The number of ether oxygens (including phenoxy) is 1. The van der Waals surface area contributed by atoms with Crippen molar-refractivity contribution in [1.29, 1.82) is 0 Å². The first-order chi connectivity index (χ1) is 16.3. The van der Waals surface area contributed by atoms with Crippen molar-refractivity contribution < 1.29 is 22.7 Å². The van der Waals surface area contributed by atoms with Crippen molar-refractivity contribution in [2.45, 2.75) is 25.7 Å². The van der Waals surface area contributed by atoms with Crippen LogP contribution in [0.25, 0.3) is 22.3 Å². The number of carbonyl (C=O) groups is 1. The van der Waals surface area contributed by atoms with Crippen molar-refractivity contribution in [3.8, 4) is 11.4 Å². The van der Waals surface area contributed by atoms with Crippen LogP contribution in [0.4, 0.5) is 13.2 Å². The number of alkyl halides is 3. The Kier molecular flexibility index (Phi) is 5.57. The first-order valence-corrected chi connectivity index (χ1v) is 10.8. The van der Waals surface area contributed by atoms with Gasteiger partial charge in [0, 0.05) is 59.8 Å². The molecule has 4 aromatic rings. The van der Waals surface area contributed by atoms with Crippen LogP contribution in [0.5, 0.6) is 0 Å². The Balaban J connectivity index is 1.37. The summed E-state index contributed by atoms with van der Waals surface area (Å²) in [6.07, 6.45) is -1.98. The summed E-state index contributed by atoms with van der Waals surface area (Å²) in [5.74, 6) is -0.00124. The van der Waals surface area contributed by atoms with E-state index in [1.165, 1.54) is 19.2 Å². The fourth-order valence-corrected chi connectivity index (χ4v) is 4.32. The third kappa shape index (κ3) is 4.14.